The van der Waals surface area contributed by atoms with Crippen molar-refractivity contribution in [2.75, 3.05) is 33.5 Å². The van der Waals surface area contributed by atoms with Crippen LogP contribution in [0, 0.1) is 0 Å². The number of ether oxygens (including phenoxy) is 2. The zero-order valence-electron chi connectivity index (χ0n) is 18.7. The Hall–Kier alpha value is -3.39. The number of esters is 1. The van der Waals surface area contributed by atoms with Gasteiger partial charge in [0.2, 0.25) is 0 Å². The quantitative estimate of drug-likeness (QED) is 0.343. The lowest BCUT2D eigenvalue weighted by molar-refractivity contribution is -0.146. The summed E-state index contributed by atoms with van der Waals surface area (Å²) in [4.78, 5) is 36.3. The highest BCUT2D eigenvalue weighted by Crippen LogP contribution is 2.26. The van der Waals surface area contributed by atoms with Gasteiger partial charge in [0.1, 0.15) is 12.6 Å². The Bertz CT molecular complexity index is 1130. The van der Waals surface area contributed by atoms with Crippen LogP contribution in [0.1, 0.15) is 27.6 Å². The third kappa shape index (κ3) is 6.10. The van der Waals surface area contributed by atoms with E-state index in [0.717, 1.165) is 21.9 Å². The van der Waals surface area contributed by atoms with E-state index >= 15 is 0 Å². The van der Waals surface area contributed by atoms with Crippen molar-refractivity contribution < 1.29 is 29.0 Å². The van der Waals surface area contributed by atoms with Crippen LogP contribution in [0.5, 0.6) is 0 Å². The Morgan fingerprint density at radius 1 is 0.879 bits per heavy atom. The average Bonchev–Trinajstić information content (AvgIpc) is 2.85. The maximum atomic E-state index is 12.6. The standard InChI is InChI=1S/C26H27NO6/c1-3-27-23(15-32-2)26(31)33-16-25(30)22-11-10-20-12-19(8-9-21(20)13-22)17-4-6-18(7-5-17)24(29)14-28/h4-13,23,27-28H,3,14-16H2,1-2H3/t23-/m0/s1. The molecule has 3 rings (SSSR count). The smallest absolute Gasteiger partial charge is 0.325 e. The second kappa shape index (κ2) is 11.5. The van der Waals surface area contributed by atoms with Crippen LogP contribution in [-0.2, 0) is 14.3 Å². The second-order valence-corrected chi connectivity index (χ2v) is 7.53. The van der Waals surface area contributed by atoms with Gasteiger partial charge in [-0.15, -0.1) is 0 Å². The Morgan fingerprint density at radius 3 is 2.18 bits per heavy atom. The molecule has 0 bridgehead atoms. The first-order valence-electron chi connectivity index (χ1n) is 10.7. The second-order valence-electron chi connectivity index (χ2n) is 7.53. The van der Waals surface area contributed by atoms with Gasteiger partial charge in [0.15, 0.2) is 18.2 Å². The van der Waals surface area contributed by atoms with E-state index in [9.17, 15) is 14.4 Å². The Labute approximate surface area is 192 Å². The molecule has 0 unspecified atom stereocenters. The van der Waals surface area contributed by atoms with Crippen molar-refractivity contribution in [3.05, 3.63) is 71.8 Å². The fourth-order valence-electron chi connectivity index (χ4n) is 3.48. The highest BCUT2D eigenvalue weighted by molar-refractivity contribution is 6.02. The van der Waals surface area contributed by atoms with Crippen LogP contribution < -0.4 is 5.32 Å². The predicted octanol–water partition coefficient (Wildman–Crippen LogP) is 3.03. The molecular weight excluding hydrogens is 422 g/mol. The monoisotopic (exact) mass is 449 g/mol. The molecule has 33 heavy (non-hydrogen) atoms. The highest BCUT2D eigenvalue weighted by Gasteiger charge is 2.20. The Balaban J connectivity index is 1.70. The van der Waals surface area contributed by atoms with Crippen molar-refractivity contribution in [3.63, 3.8) is 0 Å². The van der Waals surface area contributed by atoms with Crippen molar-refractivity contribution >= 4 is 28.3 Å². The summed E-state index contributed by atoms with van der Waals surface area (Å²) in [5.41, 5.74) is 2.82. The summed E-state index contributed by atoms with van der Waals surface area (Å²) in [6.45, 7) is 1.76. The number of Topliss-reactive ketones (excluding diaryl/α,β-unsaturated/α-hetero) is 2. The molecule has 172 valence electrons. The van der Waals surface area contributed by atoms with Gasteiger partial charge in [0.25, 0.3) is 0 Å². The number of carbonyl (C=O) groups excluding carboxylic acids is 3. The minimum atomic E-state index is -0.612. The molecule has 0 aromatic heterocycles. The summed E-state index contributed by atoms with van der Waals surface area (Å²) < 4.78 is 10.2. The van der Waals surface area contributed by atoms with Gasteiger partial charge in [-0.2, -0.15) is 0 Å². The number of ketones is 2. The van der Waals surface area contributed by atoms with Crippen LogP contribution in [0.15, 0.2) is 60.7 Å². The molecule has 0 radical (unpaired) electrons. The van der Waals surface area contributed by atoms with Crippen molar-refractivity contribution in [1.29, 1.82) is 0 Å². The summed E-state index contributed by atoms with van der Waals surface area (Å²) in [7, 11) is 1.50. The summed E-state index contributed by atoms with van der Waals surface area (Å²) in [6.07, 6.45) is 0. The molecule has 0 aliphatic heterocycles. The van der Waals surface area contributed by atoms with Gasteiger partial charge >= 0.3 is 5.97 Å². The van der Waals surface area contributed by atoms with Crippen LogP contribution in [0.25, 0.3) is 21.9 Å². The van der Waals surface area contributed by atoms with Crippen LogP contribution in [0.3, 0.4) is 0 Å². The Kier molecular flexibility index (Phi) is 8.43. The molecule has 0 saturated carbocycles. The summed E-state index contributed by atoms with van der Waals surface area (Å²) >= 11 is 0. The number of methoxy groups -OCH3 is 1. The lowest BCUT2D eigenvalue weighted by Crippen LogP contribution is -2.42. The number of aliphatic hydroxyl groups excluding tert-OH is 1. The fraction of sp³-hybridized carbons (Fsp3) is 0.269. The maximum Gasteiger partial charge on any atom is 0.325 e. The molecule has 1 atom stereocenters. The number of carbonyl (C=O) groups is 3. The van der Waals surface area contributed by atoms with Crippen molar-refractivity contribution in [2.45, 2.75) is 13.0 Å². The number of rotatable bonds is 11. The number of benzene rings is 3. The van der Waals surface area contributed by atoms with E-state index in [1.165, 1.54) is 7.11 Å². The molecule has 0 spiro atoms. The number of nitrogens with one attached hydrogen (secondary N) is 1. The van der Waals surface area contributed by atoms with E-state index in [1.807, 2.05) is 43.3 Å². The van der Waals surface area contributed by atoms with Gasteiger partial charge in [-0.3, -0.25) is 14.4 Å². The van der Waals surface area contributed by atoms with Gasteiger partial charge in [0.05, 0.1) is 6.61 Å². The SMILES string of the molecule is CCN[C@@H](COC)C(=O)OCC(=O)c1ccc2cc(-c3ccc(C(=O)CO)cc3)ccc2c1. The average molecular weight is 450 g/mol. The largest absolute Gasteiger partial charge is 0.456 e. The number of fused-ring (bicyclic) bond motifs is 1. The number of aliphatic hydroxyl groups is 1. The van der Waals surface area contributed by atoms with Crippen molar-refractivity contribution in [3.8, 4) is 11.1 Å². The first-order chi connectivity index (χ1) is 16.0. The van der Waals surface area contributed by atoms with E-state index < -0.39 is 18.6 Å². The Morgan fingerprint density at radius 2 is 1.52 bits per heavy atom. The summed E-state index contributed by atoms with van der Waals surface area (Å²) in [5.74, 6) is -1.13. The highest BCUT2D eigenvalue weighted by atomic mass is 16.5. The fourth-order valence-corrected chi connectivity index (χ4v) is 3.48. The first-order valence-corrected chi connectivity index (χ1v) is 10.7. The van der Waals surface area contributed by atoms with Crippen molar-refractivity contribution in [1.82, 2.24) is 5.32 Å². The van der Waals surface area contributed by atoms with Gasteiger partial charge in [-0.1, -0.05) is 55.5 Å². The first kappa shape index (κ1) is 24.3. The van der Waals surface area contributed by atoms with Gasteiger partial charge in [-0.05, 0) is 40.6 Å². The van der Waals surface area contributed by atoms with Gasteiger partial charge < -0.3 is 19.9 Å². The molecule has 3 aromatic carbocycles. The zero-order valence-corrected chi connectivity index (χ0v) is 18.7. The number of hydrogen-bond acceptors (Lipinski definition) is 7. The molecular formula is C26H27NO6. The molecule has 0 amide bonds. The molecule has 0 aliphatic carbocycles. The number of hydrogen-bond donors (Lipinski definition) is 2. The van der Waals surface area contributed by atoms with Crippen LogP contribution in [0.4, 0.5) is 0 Å². The predicted molar refractivity (Wildman–Crippen MR) is 125 cm³/mol. The van der Waals surface area contributed by atoms with E-state index in [1.54, 1.807) is 24.3 Å². The van der Waals surface area contributed by atoms with Crippen molar-refractivity contribution in [2.24, 2.45) is 0 Å². The minimum absolute atomic E-state index is 0.166. The molecule has 7 nitrogen and oxygen atoms in total. The van der Waals surface area contributed by atoms with Crippen LogP contribution in [0.2, 0.25) is 0 Å². The third-order valence-electron chi connectivity index (χ3n) is 5.26. The lowest BCUT2D eigenvalue weighted by Gasteiger charge is -2.15. The zero-order chi connectivity index (χ0) is 23.8. The van der Waals surface area contributed by atoms with Gasteiger partial charge in [0, 0.05) is 18.2 Å². The van der Waals surface area contributed by atoms with Crippen LogP contribution in [-0.4, -0.2) is 62.2 Å². The lowest BCUT2D eigenvalue weighted by atomic mass is 9.98. The normalized spacial score (nSPS) is 11.8. The topological polar surface area (TPSA) is 102 Å². The molecule has 0 aliphatic rings. The van der Waals surface area contributed by atoms with E-state index in [4.69, 9.17) is 14.6 Å². The molecule has 2 N–H and O–H groups in total. The summed E-state index contributed by atoms with van der Waals surface area (Å²) in [5, 5.41) is 13.8. The maximum absolute atomic E-state index is 12.6. The summed E-state index contributed by atoms with van der Waals surface area (Å²) in [6, 6.07) is 17.6. The van der Waals surface area contributed by atoms with E-state index in [-0.39, 0.29) is 24.8 Å². The molecule has 7 heteroatoms. The third-order valence-corrected chi connectivity index (χ3v) is 5.26. The van der Waals surface area contributed by atoms with E-state index in [2.05, 4.69) is 5.32 Å². The van der Waals surface area contributed by atoms with Crippen LogP contribution >= 0.6 is 0 Å². The molecule has 0 saturated heterocycles. The molecule has 0 fully saturated rings. The van der Waals surface area contributed by atoms with Gasteiger partial charge in [-0.25, -0.2) is 0 Å². The minimum Gasteiger partial charge on any atom is -0.456 e. The van der Waals surface area contributed by atoms with E-state index in [0.29, 0.717) is 17.7 Å². The number of likely N-dealkylation sites (N-methyl/N-ethyl adjacent to an activating group) is 1. The molecule has 0 heterocycles. The molecule has 3 aromatic rings.